The van der Waals surface area contributed by atoms with Crippen LogP contribution in [0.4, 0.5) is 13.2 Å². The third-order valence-corrected chi connectivity index (χ3v) is 4.55. The Balaban J connectivity index is 2.24. The third-order valence-electron chi connectivity index (χ3n) is 4.55. The summed E-state index contributed by atoms with van der Waals surface area (Å²) in [5.74, 6) is -2.14. The standard InChI is InChI=1S/C20H18F3N3O6/c1-25-14(18(29)30-2)15(32-10-20(21,22)23)13-16(25)24-19(31-3)26(17(13)28)9-12(27)11-7-5-4-6-8-11/h4-8H,9-10H2,1-3H3. The first-order valence-electron chi connectivity index (χ1n) is 9.12. The fourth-order valence-electron chi connectivity index (χ4n) is 3.12. The minimum Gasteiger partial charge on any atom is -0.481 e. The molecule has 0 spiro atoms. The SMILES string of the molecule is COC(=O)c1c(OCC(F)(F)F)c2c(=O)n(CC(=O)c3ccccc3)c(OC)nc2n1C. The molecule has 1 aromatic carbocycles. The van der Waals surface area contributed by atoms with Crippen LogP contribution in [0.3, 0.4) is 0 Å². The zero-order valence-electron chi connectivity index (χ0n) is 17.2. The van der Waals surface area contributed by atoms with Crippen LogP contribution < -0.4 is 15.0 Å². The number of nitrogens with zero attached hydrogens (tertiary/aromatic N) is 3. The summed E-state index contributed by atoms with van der Waals surface area (Å²) in [5.41, 5.74) is -1.23. The van der Waals surface area contributed by atoms with Gasteiger partial charge >= 0.3 is 18.2 Å². The summed E-state index contributed by atoms with van der Waals surface area (Å²) in [4.78, 5) is 42.3. The molecule has 2 heterocycles. The van der Waals surface area contributed by atoms with Gasteiger partial charge in [-0.15, -0.1) is 0 Å². The van der Waals surface area contributed by atoms with Crippen LogP contribution in [0.1, 0.15) is 20.8 Å². The summed E-state index contributed by atoms with van der Waals surface area (Å²) in [6, 6.07) is 7.80. The highest BCUT2D eigenvalue weighted by molar-refractivity contribution is 6.01. The molecule has 0 aliphatic rings. The number of carbonyl (C=O) groups is 2. The van der Waals surface area contributed by atoms with Crippen LogP contribution in [0.25, 0.3) is 11.0 Å². The number of alkyl halides is 3. The summed E-state index contributed by atoms with van der Waals surface area (Å²) in [5, 5.41) is -0.418. The highest BCUT2D eigenvalue weighted by Gasteiger charge is 2.34. The van der Waals surface area contributed by atoms with E-state index in [0.29, 0.717) is 5.56 Å². The van der Waals surface area contributed by atoms with Gasteiger partial charge in [0.2, 0.25) is 0 Å². The van der Waals surface area contributed by atoms with Crippen molar-refractivity contribution in [1.29, 1.82) is 0 Å². The monoisotopic (exact) mass is 453 g/mol. The number of methoxy groups -OCH3 is 2. The number of rotatable bonds is 7. The van der Waals surface area contributed by atoms with E-state index >= 15 is 0 Å². The van der Waals surface area contributed by atoms with Crippen LogP contribution in [0.2, 0.25) is 0 Å². The molecule has 0 fully saturated rings. The van der Waals surface area contributed by atoms with Crippen molar-refractivity contribution in [2.75, 3.05) is 20.8 Å². The number of aromatic nitrogens is 3. The van der Waals surface area contributed by atoms with E-state index in [9.17, 15) is 27.6 Å². The van der Waals surface area contributed by atoms with E-state index in [1.54, 1.807) is 30.3 Å². The maximum atomic E-state index is 13.3. The van der Waals surface area contributed by atoms with Gasteiger partial charge in [-0.2, -0.15) is 18.2 Å². The number of hydrogen-bond donors (Lipinski definition) is 0. The van der Waals surface area contributed by atoms with Crippen molar-refractivity contribution in [1.82, 2.24) is 14.1 Å². The van der Waals surface area contributed by atoms with Crippen molar-refractivity contribution in [3.63, 3.8) is 0 Å². The Morgan fingerprint density at radius 1 is 1.12 bits per heavy atom. The van der Waals surface area contributed by atoms with Crippen molar-refractivity contribution in [3.05, 3.63) is 51.9 Å². The quantitative estimate of drug-likeness (QED) is 0.400. The summed E-state index contributed by atoms with van der Waals surface area (Å²) in [6.07, 6.45) is -4.74. The molecule has 9 nitrogen and oxygen atoms in total. The predicted octanol–water partition coefficient (Wildman–Crippen LogP) is 2.35. The Kier molecular flexibility index (Phi) is 6.23. The summed E-state index contributed by atoms with van der Waals surface area (Å²) < 4.78 is 54.9. The minimum absolute atomic E-state index is 0.173. The third kappa shape index (κ3) is 4.29. The van der Waals surface area contributed by atoms with Crippen LogP contribution in [-0.2, 0) is 18.3 Å². The zero-order valence-corrected chi connectivity index (χ0v) is 17.2. The normalized spacial score (nSPS) is 11.4. The average Bonchev–Trinajstić information content (AvgIpc) is 3.05. The molecule has 3 aromatic rings. The van der Waals surface area contributed by atoms with E-state index in [1.807, 2.05) is 0 Å². The van der Waals surface area contributed by atoms with Crippen LogP contribution in [0.5, 0.6) is 11.8 Å². The van der Waals surface area contributed by atoms with Gasteiger partial charge in [0, 0.05) is 12.6 Å². The Bertz CT molecular complexity index is 1230. The molecule has 12 heteroatoms. The number of Topliss-reactive ketones (excluding diaryl/α,β-unsaturated/α-hetero) is 1. The number of benzene rings is 1. The fraction of sp³-hybridized carbons (Fsp3) is 0.300. The number of fused-ring (bicyclic) bond motifs is 1. The van der Waals surface area contributed by atoms with Crippen LogP contribution >= 0.6 is 0 Å². The highest BCUT2D eigenvalue weighted by Crippen LogP contribution is 2.32. The first kappa shape index (κ1) is 22.8. The van der Waals surface area contributed by atoms with E-state index in [1.165, 1.54) is 14.2 Å². The van der Waals surface area contributed by atoms with Crippen molar-refractivity contribution in [2.45, 2.75) is 12.7 Å². The van der Waals surface area contributed by atoms with Gasteiger partial charge in [0.15, 0.2) is 29.5 Å². The van der Waals surface area contributed by atoms with E-state index in [0.717, 1.165) is 16.2 Å². The van der Waals surface area contributed by atoms with Gasteiger partial charge in [-0.3, -0.25) is 14.2 Å². The van der Waals surface area contributed by atoms with E-state index in [4.69, 9.17) is 9.47 Å². The zero-order chi connectivity index (χ0) is 23.6. The van der Waals surface area contributed by atoms with Gasteiger partial charge in [0.05, 0.1) is 20.8 Å². The topological polar surface area (TPSA) is 102 Å². The smallest absolute Gasteiger partial charge is 0.422 e. The van der Waals surface area contributed by atoms with Gasteiger partial charge in [-0.05, 0) is 0 Å². The molecular formula is C20H18F3N3O6. The van der Waals surface area contributed by atoms with Crippen molar-refractivity contribution in [3.8, 4) is 11.8 Å². The Morgan fingerprint density at radius 3 is 2.34 bits per heavy atom. The summed E-state index contributed by atoms with van der Waals surface area (Å²) >= 11 is 0. The second kappa shape index (κ2) is 8.73. The van der Waals surface area contributed by atoms with E-state index < -0.39 is 53.5 Å². The molecule has 32 heavy (non-hydrogen) atoms. The fourth-order valence-corrected chi connectivity index (χ4v) is 3.12. The molecule has 0 saturated carbocycles. The number of carbonyl (C=O) groups excluding carboxylic acids is 2. The number of ketones is 1. The second-order valence-corrected chi connectivity index (χ2v) is 6.61. The molecule has 0 N–H and O–H groups in total. The number of halogens is 3. The molecule has 170 valence electrons. The van der Waals surface area contributed by atoms with Crippen LogP contribution in [0.15, 0.2) is 35.1 Å². The Morgan fingerprint density at radius 2 is 1.78 bits per heavy atom. The molecule has 0 bridgehead atoms. The predicted molar refractivity (Wildman–Crippen MR) is 105 cm³/mol. The van der Waals surface area contributed by atoms with Gasteiger partial charge in [0.1, 0.15) is 5.39 Å². The molecule has 0 unspecified atom stereocenters. The lowest BCUT2D eigenvalue weighted by molar-refractivity contribution is -0.153. The lowest BCUT2D eigenvalue weighted by atomic mass is 10.1. The molecule has 0 amide bonds. The molecule has 0 radical (unpaired) electrons. The minimum atomic E-state index is -4.74. The van der Waals surface area contributed by atoms with Gasteiger partial charge < -0.3 is 18.8 Å². The van der Waals surface area contributed by atoms with Crippen LogP contribution in [0, 0.1) is 0 Å². The van der Waals surface area contributed by atoms with Crippen molar-refractivity contribution in [2.24, 2.45) is 7.05 Å². The van der Waals surface area contributed by atoms with Gasteiger partial charge in [-0.25, -0.2) is 4.79 Å². The average molecular weight is 453 g/mol. The maximum Gasteiger partial charge on any atom is 0.422 e. The Hall–Kier alpha value is -3.83. The molecule has 0 aliphatic heterocycles. The number of hydrogen-bond acceptors (Lipinski definition) is 7. The number of ether oxygens (including phenoxy) is 3. The van der Waals surface area contributed by atoms with E-state index in [2.05, 4.69) is 9.72 Å². The summed E-state index contributed by atoms with van der Waals surface area (Å²) in [7, 11) is 3.54. The summed E-state index contributed by atoms with van der Waals surface area (Å²) in [6.45, 7) is -2.26. The first-order valence-corrected chi connectivity index (χ1v) is 9.12. The number of esters is 1. The number of aryl methyl sites for hydroxylation is 1. The maximum absolute atomic E-state index is 13.3. The molecule has 3 rings (SSSR count). The largest absolute Gasteiger partial charge is 0.481 e. The lowest BCUT2D eigenvalue weighted by Crippen LogP contribution is -2.27. The van der Waals surface area contributed by atoms with Gasteiger partial charge in [-0.1, -0.05) is 30.3 Å². The molecular weight excluding hydrogens is 435 g/mol. The highest BCUT2D eigenvalue weighted by atomic mass is 19.4. The Labute approximate surface area is 178 Å². The van der Waals surface area contributed by atoms with Crippen LogP contribution in [-0.4, -0.2) is 52.9 Å². The second-order valence-electron chi connectivity index (χ2n) is 6.61. The molecule has 0 atom stereocenters. The molecule has 2 aromatic heterocycles. The lowest BCUT2D eigenvalue weighted by Gasteiger charge is -2.12. The van der Waals surface area contributed by atoms with Gasteiger partial charge in [0.25, 0.3) is 5.56 Å². The van der Waals surface area contributed by atoms with Crippen molar-refractivity contribution >= 4 is 22.8 Å². The van der Waals surface area contributed by atoms with E-state index in [-0.39, 0.29) is 11.7 Å². The first-order chi connectivity index (χ1) is 15.1. The van der Waals surface area contributed by atoms with Crippen molar-refractivity contribution < 1.29 is 37.0 Å². The molecule has 0 saturated heterocycles. The molecule has 0 aliphatic carbocycles.